The molecule has 2 aromatic carbocycles. The summed E-state index contributed by atoms with van der Waals surface area (Å²) in [6.45, 7) is 8.68. The van der Waals surface area contributed by atoms with Gasteiger partial charge in [0.1, 0.15) is 5.82 Å². The normalized spacial score (nSPS) is 17.1. The van der Waals surface area contributed by atoms with E-state index in [0.717, 1.165) is 43.6 Å². The van der Waals surface area contributed by atoms with Crippen molar-refractivity contribution < 1.29 is 12.8 Å². The Morgan fingerprint density at radius 3 is 2.39 bits per heavy atom. The van der Waals surface area contributed by atoms with Crippen LogP contribution in [0.4, 0.5) is 4.39 Å². The van der Waals surface area contributed by atoms with Gasteiger partial charge in [-0.25, -0.2) is 17.8 Å². The number of halogens is 1. The van der Waals surface area contributed by atoms with Crippen LogP contribution in [0, 0.1) is 11.2 Å². The Morgan fingerprint density at radius 1 is 1.03 bits per heavy atom. The molecule has 182 valence electrons. The second-order valence-corrected chi connectivity index (χ2v) is 11.7. The van der Waals surface area contributed by atoms with Gasteiger partial charge in [-0.15, -0.1) is 4.83 Å². The van der Waals surface area contributed by atoms with Crippen LogP contribution in [0.25, 0.3) is 0 Å². The molecule has 1 heterocycles. The minimum Gasteiger partial charge on any atom is -0.308 e. The second-order valence-electron chi connectivity index (χ2n) is 10.1. The minimum absolute atomic E-state index is 0.0932. The fourth-order valence-corrected chi connectivity index (χ4v) is 5.36. The Balaban J connectivity index is 1.72. The Morgan fingerprint density at radius 2 is 1.73 bits per heavy atom. The van der Waals surface area contributed by atoms with Crippen molar-refractivity contribution in [3.63, 3.8) is 0 Å². The van der Waals surface area contributed by atoms with Crippen molar-refractivity contribution in [2.45, 2.75) is 44.7 Å². The van der Waals surface area contributed by atoms with Crippen LogP contribution in [-0.4, -0.2) is 63.5 Å². The number of sulfonamides is 1. The zero-order valence-electron chi connectivity index (χ0n) is 20.2. The van der Waals surface area contributed by atoms with Crippen molar-refractivity contribution in [3.8, 4) is 0 Å². The fraction of sp³-hybridized carbons (Fsp3) is 0.520. The van der Waals surface area contributed by atoms with Gasteiger partial charge in [-0.3, -0.25) is 4.90 Å². The quantitative estimate of drug-likeness (QED) is 0.567. The lowest BCUT2D eigenvalue weighted by Crippen LogP contribution is -2.50. The van der Waals surface area contributed by atoms with Crippen molar-refractivity contribution in [1.82, 2.24) is 19.6 Å². The van der Waals surface area contributed by atoms with Crippen LogP contribution in [0.3, 0.4) is 0 Å². The molecule has 0 unspecified atom stereocenters. The molecule has 33 heavy (non-hydrogen) atoms. The predicted octanol–water partition coefficient (Wildman–Crippen LogP) is 3.70. The van der Waals surface area contributed by atoms with Crippen LogP contribution in [0.5, 0.6) is 0 Å². The molecule has 0 spiro atoms. The summed E-state index contributed by atoms with van der Waals surface area (Å²) in [5, 5.41) is 1.82. The maximum Gasteiger partial charge on any atom is 0.253 e. The molecule has 8 heteroatoms. The second kappa shape index (κ2) is 11.1. The number of benzene rings is 2. The molecule has 0 radical (unpaired) electrons. The van der Waals surface area contributed by atoms with E-state index in [1.54, 1.807) is 30.3 Å². The topological polar surface area (TPSA) is 55.9 Å². The highest BCUT2D eigenvalue weighted by molar-refractivity contribution is 7.89. The van der Waals surface area contributed by atoms with E-state index < -0.39 is 10.0 Å². The van der Waals surface area contributed by atoms with Crippen LogP contribution >= 0.6 is 0 Å². The third-order valence-corrected chi connectivity index (χ3v) is 7.32. The van der Waals surface area contributed by atoms with Gasteiger partial charge in [-0.1, -0.05) is 38.1 Å². The fourth-order valence-electron chi connectivity index (χ4n) is 4.20. The van der Waals surface area contributed by atoms with E-state index in [4.69, 9.17) is 0 Å². The van der Waals surface area contributed by atoms with Crippen molar-refractivity contribution in [1.29, 1.82) is 0 Å². The van der Waals surface area contributed by atoms with Gasteiger partial charge in [-0.05, 0) is 67.7 Å². The number of nitrogens with zero attached hydrogens (tertiary/aromatic N) is 3. The lowest BCUT2D eigenvalue weighted by molar-refractivity contribution is 0.0988. The summed E-state index contributed by atoms with van der Waals surface area (Å²) in [5.41, 5.74) is 2.04. The van der Waals surface area contributed by atoms with Gasteiger partial charge in [0, 0.05) is 39.3 Å². The minimum atomic E-state index is -3.65. The maximum absolute atomic E-state index is 13.3. The lowest BCUT2D eigenvalue weighted by Gasteiger charge is -2.37. The molecule has 2 aromatic rings. The monoisotopic (exact) mass is 476 g/mol. The summed E-state index contributed by atoms with van der Waals surface area (Å²) in [6.07, 6.45) is 2.07. The third kappa shape index (κ3) is 8.15. The maximum atomic E-state index is 13.3. The number of nitrogens with one attached hydrogen (secondary N) is 1. The van der Waals surface area contributed by atoms with Gasteiger partial charge in [0.05, 0.1) is 4.90 Å². The van der Waals surface area contributed by atoms with Crippen molar-refractivity contribution in [3.05, 3.63) is 65.5 Å². The van der Waals surface area contributed by atoms with E-state index in [1.165, 1.54) is 12.1 Å². The van der Waals surface area contributed by atoms with Gasteiger partial charge in [0.15, 0.2) is 0 Å². The highest BCUT2D eigenvalue weighted by Gasteiger charge is 2.29. The predicted molar refractivity (Wildman–Crippen MR) is 130 cm³/mol. The molecule has 0 aliphatic carbocycles. The van der Waals surface area contributed by atoms with E-state index in [9.17, 15) is 12.8 Å². The largest absolute Gasteiger partial charge is 0.308 e. The Hall–Kier alpha value is -1.84. The van der Waals surface area contributed by atoms with Gasteiger partial charge in [0.25, 0.3) is 10.0 Å². The molecule has 0 amide bonds. The van der Waals surface area contributed by atoms with Crippen molar-refractivity contribution in [2.75, 3.05) is 40.3 Å². The standard InChI is InChI=1S/C25H37FN4O2S/c1-25(2)13-6-14-30(20-25)27-33(31,32)24-8-5-7-22(17-24)19-29(16-15-28(3)4)18-21-9-11-23(26)12-10-21/h5,7-12,17,27H,6,13-16,18-20H2,1-4H3. The number of likely N-dealkylation sites (N-methyl/N-ethyl adjacent to an activating group) is 1. The molecule has 1 aliphatic rings. The first-order valence-electron chi connectivity index (χ1n) is 11.5. The average Bonchev–Trinajstić information content (AvgIpc) is 2.73. The van der Waals surface area contributed by atoms with Gasteiger partial charge in [-0.2, -0.15) is 0 Å². The van der Waals surface area contributed by atoms with Crippen molar-refractivity contribution in [2.24, 2.45) is 5.41 Å². The Bertz CT molecular complexity index is 1010. The SMILES string of the molecule is CN(C)CCN(Cc1ccc(F)cc1)Cc1cccc(S(=O)(=O)NN2CCCC(C)(C)C2)c1. The highest BCUT2D eigenvalue weighted by Crippen LogP contribution is 2.28. The molecule has 0 aromatic heterocycles. The number of hydrazine groups is 1. The highest BCUT2D eigenvalue weighted by atomic mass is 32.2. The summed E-state index contributed by atoms with van der Waals surface area (Å²) < 4.78 is 39.5. The van der Waals surface area contributed by atoms with Gasteiger partial charge >= 0.3 is 0 Å². The summed E-state index contributed by atoms with van der Waals surface area (Å²) in [5.74, 6) is -0.249. The lowest BCUT2D eigenvalue weighted by atomic mass is 9.85. The molecule has 0 atom stereocenters. The summed E-state index contributed by atoms with van der Waals surface area (Å²) >= 11 is 0. The van der Waals surface area contributed by atoms with Crippen LogP contribution in [0.15, 0.2) is 53.4 Å². The van der Waals surface area contributed by atoms with Crippen LogP contribution < -0.4 is 4.83 Å². The van der Waals surface area contributed by atoms with Gasteiger partial charge in [0.2, 0.25) is 0 Å². The molecule has 0 bridgehead atoms. The molecular formula is C25H37FN4O2S. The zero-order chi connectivity index (χ0) is 24.1. The smallest absolute Gasteiger partial charge is 0.253 e. The van der Waals surface area contributed by atoms with E-state index in [1.807, 2.05) is 25.2 Å². The Kier molecular flexibility index (Phi) is 8.64. The number of hydrogen-bond acceptors (Lipinski definition) is 5. The number of hydrogen-bond donors (Lipinski definition) is 1. The molecule has 3 rings (SSSR count). The van der Waals surface area contributed by atoms with E-state index in [-0.39, 0.29) is 16.1 Å². The van der Waals surface area contributed by atoms with Gasteiger partial charge < -0.3 is 4.90 Å². The number of rotatable bonds is 10. The number of piperidine rings is 1. The van der Waals surface area contributed by atoms with E-state index in [2.05, 4.69) is 28.5 Å². The first-order chi connectivity index (χ1) is 15.5. The summed E-state index contributed by atoms with van der Waals surface area (Å²) in [4.78, 5) is 7.42. The summed E-state index contributed by atoms with van der Waals surface area (Å²) in [6, 6.07) is 13.7. The van der Waals surface area contributed by atoms with Crippen LogP contribution in [-0.2, 0) is 23.1 Å². The van der Waals surface area contributed by atoms with E-state index >= 15 is 0 Å². The first kappa shape index (κ1) is 25.8. The molecule has 1 saturated heterocycles. The third-order valence-electron chi connectivity index (χ3n) is 5.95. The molecule has 1 N–H and O–H groups in total. The van der Waals surface area contributed by atoms with Crippen LogP contribution in [0.1, 0.15) is 37.8 Å². The molecule has 1 aliphatic heterocycles. The van der Waals surface area contributed by atoms with Crippen molar-refractivity contribution >= 4 is 10.0 Å². The van der Waals surface area contributed by atoms with Crippen LogP contribution in [0.2, 0.25) is 0 Å². The first-order valence-corrected chi connectivity index (χ1v) is 13.0. The Labute approximate surface area is 198 Å². The summed E-state index contributed by atoms with van der Waals surface area (Å²) in [7, 11) is 0.399. The molecular weight excluding hydrogens is 439 g/mol. The molecule has 0 saturated carbocycles. The average molecular weight is 477 g/mol. The van der Waals surface area contributed by atoms with E-state index in [0.29, 0.717) is 19.6 Å². The molecule has 6 nitrogen and oxygen atoms in total. The zero-order valence-corrected chi connectivity index (χ0v) is 21.0. The molecule has 1 fully saturated rings.